The second kappa shape index (κ2) is 7.77. The average Bonchev–Trinajstić information content (AvgIpc) is 2.44. The van der Waals surface area contributed by atoms with Crippen LogP contribution >= 0.6 is 0 Å². The van der Waals surface area contributed by atoms with Gasteiger partial charge in [0.05, 0.1) is 11.3 Å². The van der Waals surface area contributed by atoms with E-state index in [4.69, 9.17) is 0 Å². The molecule has 19 heavy (non-hydrogen) atoms. The van der Waals surface area contributed by atoms with E-state index in [1.54, 1.807) is 17.3 Å². The summed E-state index contributed by atoms with van der Waals surface area (Å²) in [6.45, 7) is 7.15. The quantitative estimate of drug-likeness (QED) is 0.822. The number of hydrogen-bond acceptors (Lipinski definition) is 3. The molecule has 0 aliphatic carbocycles. The van der Waals surface area contributed by atoms with E-state index in [1.165, 1.54) is 0 Å². The lowest BCUT2D eigenvalue weighted by Crippen LogP contribution is -2.28. The summed E-state index contributed by atoms with van der Waals surface area (Å²) >= 11 is 0. The topological polar surface area (TPSA) is 45.2 Å². The van der Waals surface area contributed by atoms with Crippen LogP contribution in [-0.4, -0.2) is 35.4 Å². The van der Waals surface area contributed by atoms with Crippen LogP contribution in [0.15, 0.2) is 18.5 Å². The van der Waals surface area contributed by atoms with Gasteiger partial charge in [-0.15, -0.1) is 0 Å². The lowest BCUT2D eigenvalue weighted by atomic mass is 10.2. The first-order valence-electron chi connectivity index (χ1n) is 7.05. The Balaban J connectivity index is 2.72. The third kappa shape index (κ3) is 4.89. The molecule has 0 aromatic carbocycles. The maximum Gasteiger partial charge on any atom is 0.255 e. The van der Waals surface area contributed by atoms with Gasteiger partial charge >= 0.3 is 0 Å². The highest BCUT2D eigenvalue weighted by Gasteiger charge is 2.12. The SMILES string of the molecule is CCCCN(C)C(=O)c1cncc(NC(C)CC)c1. The van der Waals surface area contributed by atoms with E-state index in [2.05, 4.69) is 31.1 Å². The third-order valence-corrected chi connectivity index (χ3v) is 3.20. The molecule has 1 unspecified atom stereocenters. The number of unbranched alkanes of at least 4 members (excludes halogenated alkanes) is 1. The van der Waals surface area contributed by atoms with Crippen LogP contribution in [0, 0.1) is 0 Å². The molecule has 4 heteroatoms. The first-order valence-corrected chi connectivity index (χ1v) is 7.05. The number of rotatable bonds is 7. The van der Waals surface area contributed by atoms with E-state index < -0.39 is 0 Å². The Morgan fingerprint density at radius 2 is 2.16 bits per heavy atom. The van der Waals surface area contributed by atoms with Gasteiger partial charge in [-0.1, -0.05) is 20.3 Å². The highest BCUT2D eigenvalue weighted by Crippen LogP contribution is 2.12. The van der Waals surface area contributed by atoms with Crippen LogP contribution in [0.2, 0.25) is 0 Å². The Labute approximate surface area is 116 Å². The predicted molar refractivity (Wildman–Crippen MR) is 79.5 cm³/mol. The molecule has 1 aromatic heterocycles. The third-order valence-electron chi connectivity index (χ3n) is 3.20. The fourth-order valence-corrected chi connectivity index (χ4v) is 1.74. The maximum absolute atomic E-state index is 12.2. The van der Waals surface area contributed by atoms with Gasteiger partial charge in [0.25, 0.3) is 5.91 Å². The Morgan fingerprint density at radius 1 is 1.42 bits per heavy atom. The Kier molecular flexibility index (Phi) is 6.33. The van der Waals surface area contributed by atoms with E-state index in [1.807, 2.05) is 13.1 Å². The van der Waals surface area contributed by atoms with Crippen LogP contribution < -0.4 is 5.32 Å². The van der Waals surface area contributed by atoms with Gasteiger partial charge in [-0.05, 0) is 25.8 Å². The molecular weight excluding hydrogens is 238 g/mol. The average molecular weight is 263 g/mol. The number of amides is 1. The van der Waals surface area contributed by atoms with Crippen molar-refractivity contribution in [1.82, 2.24) is 9.88 Å². The van der Waals surface area contributed by atoms with Crippen LogP contribution in [0.3, 0.4) is 0 Å². The van der Waals surface area contributed by atoms with Gasteiger partial charge in [-0.2, -0.15) is 0 Å². The van der Waals surface area contributed by atoms with E-state index in [0.29, 0.717) is 11.6 Å². The van der Waals surface area contributed by atoms with E-state index in [-0.39, 0.29) is 5.91 Å². The monoisotopic (exact) mass is 263 g/mol. The molecule has 0 bridgehead atoms. The van der Waals surface area contributed by atoms with Crippen LogP contribution in [0.25, 0.3) is 0 Å². The highest BCUT2D eigenvalue weighted by atomic mass is 16.2. The minimum absolute atomic E-state index is 0.0359. The van der Waals surface area contributed by atoms with Crippen molar-refractivity contribution in [2.24, 2.45) is 0 Å². The van der Waals surface area contributed by atoms with Crippen molar-refractivity contribution in [3.05, 3.63) is 24.0 Å². The number of hydrogen-bond donors (Lipinski definition) is 1. The van der Waals surface area contributed by atoms with Gasteiger partial charge in [0.1, 0.15) is 0 Å². The number of carbonyl (C=O) groups excluding carboxylic acids is 1. The molecule has 0 aliphatic rings. The molecule has 0 saturated carbocycles. The standard InChI is InChI=1S/C15H25N3O/c1-5-7-8-18(4)15(19)13-9-14(11-16-10-13)17-12(3)6-2/h9-12,17H,5-8H2,1-4H3. The summed E-state index contributed by atoms with van der Waals surface area (Å²) in [6, 6.07) is 2.26. The minimum Gasteiger partial charge on any atom is -0.381 e. The van der Waals surface area contributed by atoms with Gasteiger partial charge < -0.3 is 10.2 Å². The Hall–Kier alpha value is -1.58. The molecule has 1 heterocycles. The van der Waals surface area contributed by atoms with Gasteiger partial charge in [0, 0.05) is 32.0 Å². The lowest BCUT2D eigenvalue weighted by Gasteiger charge is -2.18. The summed E-state index contributed by atoms with van der Waals surface area (Å²) < 4.78 is 0. The van der Waals surface area contributed by atoms with E-state index in [0.717, 1.165) is 31.5 Å². The van der Waals surface area contributed by atoms with Crippen molar-refractivity contribution in [3.8, 4) is 0 Å². The van der Waals surface area contributed by atoms with Crippen molar-refractivity contribution in [2.75, 3.05) is 18.9 Å². The first kappa shape index (κ1) is 15.5. The normalized spacial score (nSPS) is 12.0. The van der Waals surface area contributed by atoms with Crippen molar-refractivity contribution >= 4 is 11.6 Å². The maximum atomic E-state index is 12.2. The van der Waals surface area contributed by atoms with Crippen molar-refractivity contribution < 1.29 is 4.79 Å². The van der Waals surface area contributed by atoms with E-state index in [9.17, 15) is 4.79 Å². The second-order valence-electron chi connectivity index (χ2n) is 5.00. The minimum atomic E-state index is 0.0359. The first-order chi connectivity index (χ1) is 9.08. The summed E-state index contributed by atoms with van der Waals surface area (Å²) in [5.41, 5.74) is 1.55. The fourth-order valence-electron chi connectivity index (χ4n) is 1.74. The summed E-state index contributed by atoms with van der Waals surface area (Å²) in [5.74, 6) is 0.0359. The molecular formula is C15H25N3O. The van der Waals surface area contributed by atoms with Crippen molar-refractivity contribution in [1.29, 1.82) is 0 Å². The molecule has 1 aromatic rings. The highest BCUT2D eigenvalue weighted by molar-refractivity contribution is 5.94. The number of nitrogens with one attached hydrogen (secondary N) is 1. The van der Waals surface area contributed by atoms with Crippen LogP contribution in [0.5, 0.6) is 0 Å². The zero-order valence-electron chi connectivity index (χ0n) is 12.4. The number of pyridine rings is 1. The number of anilines is 1. The van der Waals surface area contributed by atoms with Crippen LogP contribution in [0.4, 0.5) is 5.69 Å². The molecule has 1 N–H and O–H groups in total. The molecule has 0 fully saturated rings. The fraction of sp³-hybridized carbons (Fsp3) is 0.600. The summed E-state index contributed by atoms with van der Waals surface area (Å²) in [7, 11) is 1.84. The Bertz CT molecular complexity index is 406. The molecule has 1 atom stereocenters. The summed E-state index contributed by atoms with van der Waals surface area (Å²) in [5, 5.41) is 3.34. The molecule has 1 amide bonds. The molecule has 1 rings (SSSR count). The molecule has 0 spiro atoms. The van der Waals surface area contributed by atoms with Gasteiger partial charge in [0.2, 0.25) is 0 Å². The van der Waals surface area contributed by atoms with Gasteiger partial charge in [-0.25, -0.2) is 0 Å². The van der Waals surface area contributed by atoms with Crippen LogP contribution in [0.1, 0.15) is 50.4 Å². The largest absolute Gasteiger partial charge is 0.381 e. The molecule has 106 valence electrons. The number of carbonyl (C=O) groups is 1. The molecule has 0 saturated heterocycles. The Morgan fingerprint density at radius 3 is 2.79 bits per heavy atom. The van der Waals surface area contributed by atoms with Gasteiger partial charge in [0.15, 0.2) is 0 Å². The zero-order chi connectivity index (χ0) is 14.3. The van der Waals surface area contributed by atoms with Gasteiger partial charge in [-0.3, -0.25) is 9.78 Å². The summed E-state index contributed by atoms with van der Waals surface area (Å²) in [6.07, 6.45) is 6.54. The number of aromatic nitrogens is 1. The second-order valence-corrected chi connectivity index (χ2v) is 5.00. The zero-order valence-corrected chi connectivity index (χ0v) is 12.4. The molecule has 0 radical (unpaired) electrons. The lowest BCUT2D eigenvalue weighted by molar-refractivity contribution is 0.0793. The van der Waals surface area contributed by atoms with Crippen molar-refractivity contribution in [3.63, 3.8) is 0 Å². The number of nitrogens with zero attached hydrogens (tertiary/aromatic N) is 2. The molecule has 4 nitrogen and oxygen atoms in total. The summed E-state index contributed by atoms with van der Waals surface area (Å²) in [4.78, 5) is 18.1. The van der Waals surface area contributed by atoms with Crippen molar-refractivity contribution in [2.45, 2.75) is 46.1 Å². The van der Waals surface area contributed by atoms with E-state index >= 15 is 0 Å². The van der Waals surface area contributed by atoms with Crippen LogP contribution in [-0.2, 0) is 0 Å². The smallest absolute Gasteiger partial charge is 0.255 e. The predicted octanol–water partition coefficient (Wildman–Crippen LogP) is 3.16. The molecule has 0 aliphatic heterocycles.